The van der Waals surface area contributed by atoms with E-state index >= 15 is 0 Å². The van der Waals surface area contributed by atoms with Crippen LogP contribution in [0.15, 0.2) is 60.1 Å². The van der Waals surface area contributed by atoms with Gasteiger partial charge in [0.15, 0.2) is 11.5 Å². The maximum atomic E-state index is 12.9. The molecule has 2 aromatic rings. The van der Waals surface area contributed by atoms with Gasteiger partial charge in [-0.25, -0.2) is 0 Å². The van der Waals surface area contributed by atoms with Crippen LogP contribution in [-0.2, 0) is 9.59 Å². The number of hydrogen-bond acceptors (Lipinski definition) is 4. The summed E-state index contributed by atoms with van der Waals surface area (Å²) < 4.78 is 0. The minimum absolute atomic E-state index is 0.129. The van der Waals surface area contributed by atoms with E-state index in [9.17, 15) is 14.7 Å². The van der Waals surface area contributed by atoms with Crippen molar-refractivity contribution < 1.29 is 14.7 Å². The Balaban J connectivity index is 2.14. The molecule has 1 aliphatic heterocycles. The standard InChI is InChI=1S/C21H22N2O3/c1-13(2)11-17(24)18-19(15-7-9-22-10-8-15)23(21(26)20(18)25)16-6-4-5-14(3)12-16/h4-10,12-13,19,25H,11H2,1-3H3. The molecule has 5 nitrogen and oxygen atoms in total. The number of amides is 1. The normalized spacial score (nSPS) is 17.3. The van der Waals surface area contributed by atoms with Crippen molar-refractivity contribution in [1.82, 2.24) is 4.98 Å². The van der Waals surface area contributed by atoms with E-state index in [0.29, 0.717) is 5.69 Å². The molecule has 1 amide bonds. The van der Waals surface area contributed by atoms with E-state index in [4.69, 9.17) is 0 Å². The third-order valence-corrected chi connectivity index (χ3v) is 4.40. The van der Waals surface area contributed by atoms with Gasteiger partial charge in [-0.1, -0.05) is 26.0 Å². The van der Waals surface area contributed by atoms with Gasteiger partial charge in [0.2, 0.25) is 0 Å². The summed E-state index contributed by atoms with van der Waals surface area (Å²) in [5.41, 5.74) is 2.54. The Labute approximate surface area is 153 Å². The predicted molar refractivity (Wildman–Crippen MR) is 99.8 cm³/mol. The van der Waals surface area contributed by atoms with Crippen molar-refractivity contribution in [2.24, 2.45) is 5.92 Å². The number of ketones is 1. The highest BCUT2D eigenvalue weighted by Gasteiger charge is 2.44. The molecule has 2 heterocycles. The number of Topliss-reactive ketones (excluding diaryl/α,β-unsaturated/α-hetero) is 1. The highest BCUT2D eigenvalue weighted by atomic mass is 16.3. The maximum Gasteiger partial charge on any atom is 0.294 e. The molecule has 1 unspecified atom stereocenters. The molecule has 0 bridgehead atoms. The maximum absolute atomic E-state index is 12.9. The summed E-state index contributed by atoms with van der Waals surface area (Å²) in [6.45, 7) is 5.81. The monoisotopic (exact) mass is 350 g/mol. The van der Waals surface area contributed by atoms with Crippen molar-refractivity contribution in [3.05, 3.63) is 71.3 Å². The number of carbonyl (C=O) groups is 2. The topological polar surface area (TPSA) is 70.5 Å². The summed E-state index contributed by atoms with van der Waals surface area (Å²) >= 11 is 0. The van der Waals surface area contributed by atoms with Crippen molar-refractivity contribution in [2.45, 2.75) is 33.2 Å². The first-order valence-electron chi connectivity index (χ1n) is 8.66. The average molecular weight is 350 g/mol. The van der Waals surface area contributed by atoms with Crippen LogP contribution in [0.1, 0.15) is 37.4 Å². The highest BCUT2D eigenvalue weighted by Crippen LogP contribution is 2.41. The first-order chi connectivity index (χ1) is 12.4. The van der Waals surface area contributed by atoms with Crippen molar-refractivity contribution in [1.29, 1.82) is 0 Å². The molecule has 0 radical (unpaired) electrons. The van der Waals surface area contributed by atoms with Crippen molar-refractivity contribution in [3.63, 3.8) is 0 Å². The van der Waals surface area contributed by atoms with Gasteiger partial charge in [0, 0.05) is 24.5 Å². The van der Waals surface area contributed by atoms with E-state index in [1.165, 1.54) is 4.90 Å². The van der Waals surface area contributed by atoms with Crippen molar-refractivity contribution in [2.75, 3.05) is 4.90 Å². The van der Waals surface area contributed by atoms with Crippen LogP contribution in [0.3, 0.4) is 0 Å². The lowest BCUT2D eigenvalue weighted by molar-refractivity contribution is -0.118. The van der Waals surface area contributed by atoms with Crippen LogP contribution < -0.4 is 4.90 Å². The van der Waals surface area contributed by atoms with Gasteiger partial charge in [0.25, 0.3) is 5.91 Å². The van der Waals surface area contributed by atoms with Crippen LogP contribution in [0.5, 0.6) is 0 Å². The van der Waals surface area contributed by atoms with Gasteiger partial charge in [-0.15, -0.1) is 0 Å². The molecule has 26 heavy (non-hydrogen) atoms. The molecule has 0 aliphatic carbocycles. The fraction of sp³-hybridized carbons (Fsp3) is 0.286. The number of aromatic nitrogens is 1. The Hall–Kier alpha value is -2.95. The van der Waals surface area contributed by atoms with Crippen LogP contribution in [0.25, 0.3) is 0 Å². The Morgan fingerprint density at radius 2 is 1.92 bits per heavy atom. The number of aliphatic hydroxyl groups is 1. The molecule has 5 heteroatoms. The zero-order valence-corrected chi connectivity index (χ0v) is 15.1. The molecule has 3 rings (SSSR count). The summed E-state index contributed by atoms with van der Waals surface area (Å²) in [5.74, 6) is -1.09. The molecular formula is C21H22N2O3. The lowest BCUT2D eigenvalue weighted by atomic mass is 9.92. The molecule has 0 saturated carbocycles. The van der Waals surface area contributed by atoms with E-state index < -0.39 is 17.7 Å². The number of hydrogen-bond donors (Lipinski definition) is 1. The molecule has 1 aromatic heterocycles. The van der Waals surface area contributed by atoms with E-state index in [0.717, 1.165) is 11.1 Å². The Morgan fingerprint density at radius 3 is 2.54 bits per heavy atom. The zero-order chi connectivity index (χ0) is 18.8. The van der Waals surface area contributed by atoms with E-state index in [2.05, 4.69) is 4.98 Å². The number of carbonyl (C=O) groups excluding carboxylic acids is 2. The van der Waals surface area contributed by atoms with Gasteiger partial charge in [0.1, 0.15) is 0 Å². The molecule has 0 saturated heterocycles. The minimum atomic E-state index is -0.654. The number of rotatable bonds is 5. The van der Waals surface area contributed by atoms with Gasteiger partial charge in [-0.2, -0.15) is 0 Å². The third-order valence-electron chi connectivity index (χ3n) is 4.40. The molecule has 134 valence electrons. The third kappa shape index (κ3) is 3.25. The molecular weight excluding hydrogens is 328 g/mol. The summed E-state index contributed by atoms with van der Waals surface area (Å²) in [7, 11) is 0. The van der Waals surface area contributed by atoms with Crippen molar-refractivity contribution in [3.8, 4) is 0 Å². The number of anilines is 1. The first kappa shape index (κ1) is 17.9. The van der Waals surface area contributed by atoms with Gasteiger partial charge < -0.3 is 5.11 Å². The summed E-state index contributed by atoms with van der Waals surface area (Å²) in [4.78, 5) is 31.2. The second kappa shape index (κ2) is 7.12. The summed E-state index contributed by atoms with van der Waals surface area (Å²) in [5, 5.41) is 10.5. The number of aliphatic hydroxyl groups excluding tert-OH is 1. The van der Waals surface area contributed by atoms with Crippen LogP contribution >= 0.6 is 0 Å². The summed E-state index contributed by atoms with van der Waals surface area (Å²) in [6.07, 6.45) is 3.51. The Kier molecular flexibility index (Phi) is 4.89. The van der Waals surface area contributed by atoms with Crippen LogP contribution in [0.2, 0.25) is 0 Å². The predicted octanol–water partition coefficient (Wildman–Crippen LogP) is 3.91. The van der Waals surface area contributed by atoms with E-state index in [1.54, 1.807) is 24.5 Å². The molecule has 1 aromatic carbocycles. The largest absolute Gasteiger partial charge is 0.503 e. The number of aryl methyl sites for hydroxylation is 1. The lowest BCUT2D eigenvalue weighted by Gasteiger charge is -2.27. The Bertz CT molecular complexity index is 872. The number of benzene rings is 1. The van der Waals surface area contributed by atoms with Gasteiger partial charge in [-0.05, 0) is 48.2 Å². The number of pyridine rings is 1. The van der Waals surface area contributed by atoms with E-state index in [1.807, 2.05) is 45.0 Å². The molecule has 0 spiro atoms. The fourth-order valence-electron chi connectivity index (χ4n) is 3.28. The van der Waals surface area contributed by atoms with Gasteiger partial charge in [0.05, 0.1) is 11.6 Å². The highest BCUT2D eigenvalue weighted by molar-refractivity contribution is 6.16. The van der Waals surface area contributed by atoms with Crippen LogP contribution in [-0.4, -0.2) is 21.8 Å². The second-order valence-electron chi connectivity index (χ2n) is 6.98. The molecule has 1 aliphatic rings. The van der Waals surface area contributed by atoms with Crippen LogP contribution in [0.4, 0.5) is 5.69 Å². The van der Waals surface area contributed by atoms with Crippen molar-refractivity contribution >= 4 is 17.4 Å². The lowest BCUT2D eigenvalue weighted by Crippen LogP contribution is -2.31. The van der Waals surface area contributed by atoms with Crippen LogP contribution in [0, 0.1) is 12.8 Å². The Morgan fingerprint density at radius 1 is 1.23 bits per heavy atom. The molecule has 1 atom stereocenters. The number of nitrogens with zero attached hydrogens (tertiary/aromatic N) is 2. The average Bonchev–Trinajstić information content (AvgIpc) is 2.87. The fourth-order valence-corrected chi connectivity index (χ4v) is 3.28. The van der Waals surface area contributed by atoms with Gasteiger partial charge in [-0.3, -0.25) is 19.5 Å². The van der Waals surface area contributed by atoms with E-state index in [-0.39, 0.29) is 23.7 Å². The first-order valence-corrected chi connectivity index (χ1v) is 8.66. The van der Waals surface area contributed by atoms with Gasteiger partial charge >= 0.3 is 0 Å². The SMILES string of the molecule is Cc1cccc(N2C(=O)C(O)=C(C(=O)CC(C)C)C2c2ccncc2)c1. The second-order valence-corrected chi connectivity index (χ2v) is 6.98. The zero-order valence-electron chi connectivity index (χ0n) is 15.1. The molecule has 0 fully saturated rings. The summed E-state index contributed by atoms with van der Waals surface area (Å²) in [6, 6.07) is 10.3. The smallest absolute Gasteiger partial charge is 0.294 e. The molecule has 1 N–H and O–H groups in total. The minimum Gasteiger partial charge on any atom is -0.503 e. The quantitative estimate of drug-likeness (QED) is 0.888.